The van der Waals surface area contributed by atoms with Crippen molar-refractivity contribution in [2.75, 3.05) is 39.9 Å². The summed E-state index contributed by atoms with van der Waals surface area (Å²) in [4.78, 5) is 72.1. The van der Waals surface area contributed by atoms with Crippen molar-refractivity contribution in [2.24, 2.45) is 23.3 Å². The Kier molecular flexibility index (Phi) is 22.8. The monoisotopic (exact) mass is 829 g/mol. The Hall–Kier alpha value is -3.79. The first-order valence-electron chi connectivity index (χ1n) is 22.4. The number of nitrogens with zero attached hydrogens (tertiary/aromatic N) is 1. The minimum atomic E-state index is -1.21. The van der Waals surface area contributed by atoms with E-state index >= 15 is 0 Å². The number of nitrogens with two attached hydrogens (primary N) is 2. The van der Waals surface area contributed by atoms with Crippen LogP contribution >= 0.6 is 0 Å². The highest BCUT2D eigenvalue weighted by Gasteiger charge is 2.38. The Bertz CT molecular complexity index is 1440. The molecule has 0 aromatic heterocycles. The molecule has 7 atom stereocenters. The molecule has 1 heterocycles. The topological polar surface area (TPSA) is 219 Å². The van der Waals surface area contributed by atoms with Crippen molar-refractivity contribution in [3.8, 4) is 5.75 Å². The number of amides is 5. The average Bonchev–Trinajstić information content (AvgIpc) is 3.52. The largest absolute Gasteiger partial charge is 0.491 e. The summed E-state index contributed by atoms with van der Waals surface area (Å²) in [7, 11) is 1.65. The molecule has 0 spiro atoms. The zero-order valence-corrected chi connectivity index (χ0v) is 36.5. The summed E-state index contributed by atoms with van der Waals surface area (Å²) in [6.45, 7) is 9.34. The fourth-order valence-electron chi connectivity index (χ4n) is 7.93. The summed E-state index contributed by atoms with van der Waals surface area (Å²) in [5.74, 6) is -2.60. The molecule has 2 aliphatic rings. The van der Waals surface area contributed by atoms with Crippen LogP contribution in [-0.2, 0) is 35.3 Å². The summed E-state index contributed by atoms with van der Waals surface area (Å²) >= 11 is 0. The molecule has 1 aromatic carbocycles. The number of ether oxygens (including phenoxy) is 2. The summed E-state index contributed by atoms with van der Waals surface area (Å²) in [6.07, 6.45) is 11.3. The second-order valence-corrected chi connectivity index (χ2v) is 16.5. The SMILES string of the molecule is CCCCCC[C@H]1OC[C@@H](C)NC(=O)[C@H](COc2cccc(CNCCCN)c2)NC(=O)[C@H](CN)NC(=O)[C@H](C2CCCCCC2)NC(=O)[C@H](CCC)N(C)C(=O)[C@@H]1C. The van der Waals surface area contributed by atoms with Crippen molar-refractivity contribution < 1.29 is 33.4 Å². The lowest BCUT2D eigenvalue weighted by Crippen LogP contribution is -2.62. The van der Waals surface area contributed by atoms with Crippen LogP contribution in [0.1, 0.15) is 123 Å². The quantitative estimate of drug-likeness (QED) is 0.0900. The summed E-state index contributed by atoms with van der Waals surface area (Å²) in [5, 5.41) is 14.9. The molecule has 5 amide bonds. The van der Waals surface area contributed by atoms with Crippen LogP contribution in [0.5, 0.6) is 5.75 Å². The number of unbranched alkanes of at least 4 members (excludes halogenated alkanes) is 3. The molecule has 1 saturated carbocycles. The van der Waals surface area contributed by atoms with Crippen LogP contribution in [0.2, 0.25) is 0 Å². The number of likely N-dealkylation sites (N-methyl/N-ethyl adjacent to an activating group) is 1. The third kappa shape index (κ3) is 16.6. The standard InChI is InChI=1S/C44H76N8O7/c1-6-8-9-14-22-38-31(4)44(57)52(5)37(17-7-2)42(55)51-39(33-19-12-10-11-13-20-33)43(56)49-35(26-46)40(53)50-36(41(54)48-30(3)28-59-38)29-58-34-21-15-18-32(25-34)27-47-24-16-23-45/h15,18,21,25,30-31,33,35-39,47H,6-14,16-17,19-20,22-24,26-29,45-46H2,1-5H3,(H,48,54)(H,49,56)(H,50,53)(H,51,55)/t30-,31-,35+,36+,37+,38-,39+/m1/s1. The Morgan fingerprint density at radius 3 is 2.20 bits per heavy atom. The zero-order valence-electron chi connectivity index (χ0n) is 36.5. The number of nitrogens with one attached hydrogen (secondary N) is 5. The Morgan fingerprint density at radius 2 is 1.53 bits per heavy atom. The predicted octanol–water partition coefficient (Wildman–Crippen LogP) is 3.02. The van der Waals surface area contributed by atoms with Gasteiger partial charge < -0.3 is 52.4 Å². The second-order valence-electron chi connectivity index (χ2n) is 16.5. The molecule has 1 aliphatic carbocycles. The van der Waals surface area contributed by atoms with Gasteiger partial charge in [-0.25, -0.2) is 0 Å². The van der Waals surface area contributed by atoms with Crippen LogP contribution in [0.3, 0.4) is 0 Å². The van der Waals surface area contributed by atoms with Gasteiger partial charge in [0.05, 0.1) is 18.6 Å². The molecule has 0 unspecified atom stereocenters. The van der Waals surface area contributed by atoms with E-state index in [1.54, 1.807) is 20.0 Å². The lowest BCUT2D eigenvalue weighted by molar-refractivity contribution is -0.147. The summed E-state index contributed by atoms with van der Waals surface area (Å²) in [5.41, 5.74) is 12.7. The van der Waals surface area contributed by atoms with Crippen LogP contribution in [0.15, 0.2) is 24.3 Å². The van der Waals surface area contributed by atoms with E-state index in [9.17, 15) is 24.0 Å². The van der Waals surface area contributed by atoms with Gasteiger partial charge in [0.15, 0.2) is 0 Å². The lowest BCUT2D eigenvalue weighted by atomic mass is 9.90. The smallest absolute Gasteiger partial charge is 0.246 e. The number of hydrogen-bond acceptors (Lipinski definition) is 10. The van der Waals surface area contributed by atoms with Crippen LogP contribution in [-0.4, -0.2) is 111 Å². The van der Waals surface area contributed by atoms with Gasteiger partial charge in [-0.15, -0.1) is 0 Å². The second kappa shape index (κ2) is 27.1. The van der Waals surface area contributed by atoms with E-state index in [0.717, 1.165) is 82.7 Å². The fraction of sp³-hybridized carbons (Fsp3) is 0.750. The van der Waals surface area contributed by atoms with Gasteiger partial charge in [-0.3, -0.25) is 24.0 Å². The average molecular weight is 829 g/mol. The van der Waals surface area contributed by atoms with Gasteiger partial charge in [0.25, 0.3) is 0 Å². The van der Waals surface area contributed by atoms with E-state index in [2.05, 4.69) is 33.5 Å². The highest BCUT2D eigenvalue weighted by Crippen LogP contribution is 2.27. The van der Waals surface area contributed by atoms with Crippen LogP contribution in [0.4, 0.5) is 0 Å². The molecule has 0 radical (unpaired) electrons. The van der Waals surface area contributed by atoms with E-state index in [1.807, 2.05) is 32.0 Å². The highest BCUT2D eigenvalue weighted by molar-refractivity contribution is 5.96. The van der Waals surface area contributed by atoms with Crippen LogP contribution < -0.4 is 42.8 Å². The molecule has 1 aliphatic heterocycles. The molecular formula is C44H76N8O7. The number of hydrogen-bond donors (Lipinski definition) is 7. The molecule has 1 saturated heterocycles. The van der Waals surface area contributed by atoms with Gasteiger partial charge >= 0.3 is 0 Å². The van der Waals surface area contributed by atoms with E-state index in [4.69, 9.17) is 20.9 Å². The van der Waals surface area contributed by atoms with Crippen molar-refractivity contribution in [2.45, 2.75) is 160 Å². The normalized spacial score (nSPS) is 26.4. The maximum Gasteiger partial charge on any atom is 0.246 e. The summed E-state index contributed by atoms with van der Waals surface area (Å²) < 4.78 is 12.6. The van der Waals surface area contributed by atoms with E-state index in [-0.39, 0.29) is 31.6 Å². The van der Waals surface area contributed by atoms with Crippen molar-refractivity contribution in [3.05, 3.63) is 29.8 Å². The summed E-state index contributed by atoms with van der Waals surface area (Å²) in [6, 6.07) is 2.80. The molecule has 334 valence electrons. The Balaban J connectivity index is 1.98. The fourth-order valence-corrected chi connectivity index (χ4v) is 7.93. The first-order valence-corrected chi connectivity index (χ1v) is 22.4. The lowest BCUT2D eigenvalue weighted by Gasteiger charge is -2.34. The minimum Gasteiger partial charge on any atom is -0.491 e. The molecule has 9 N–H and O–H groups in total. The Morgan fingerprint density at radius 1 is 0.814 bits per heavy atom. The van der Waals surface area contributed by atoms with Crippen molar-refractivity contribution in [3.63, 3.8) is 0 Å². The highest BCUT2D eigenvalue weighted by atomic mass is 16.5. The number of rotatable bonds is 17. The van der Waals surface area contributed by atoms with Crippen molar-refractivity contribution >= 4 is 29.5 Å². The maximum atomic E-state index is 14.3. The Labute approximate surface area is 353 Å². The van der Waals surface area contributed by atoms with E-state index in [0.29, 0.717) is 38.1 Å². The van der Waals surface area contributed by atoms with Gasteiger partial charge in [0, 0.05) is 26.2 Å². The molecule has 3 rings (SSSR count). The third-order valence-electron chi connectivity index (χ3n) is 11.6. The first-order chi connectivity index (χ1) is 28.4. The number of carbonyl (C=O) groups excluding carboxylic acids is 5. The van der Waals surface area contributed by atoms with Gasteiger partial charge in [-0.2, -0.15) is 0 Å². The van der Waals surface area contributed by atoms with Crippen molar-refractivity contribution in [1.82, 2.24) is 31.5 Å². The number of carbonyl (C=O) groups is 5. The first kappa shape index (κ1) is 49.6. The number of benzene rings is 1. The van der Waals surface area contributed by atoms with Gasteiger partial charge in [0.2, 0.25) is 29.5 Å². The molecular weight excluding hydrogens is 753 g/mol. The molecule has 1 aromatic rings. The van der Waals surface area contributed by atoms with E-state index in [1.165, 1.54) is 4.90 Å². The maximum absolute atomic E-state index is 14.3. The molecule has 0 bridgehead atoms. The van der Waals surface area contributed by atoms with Crippen LogP contribution in [0, 0.1) is 11.8 Å². The molecule has 59 heavy (non-hydrogen) atoms. The molecule has 2 fully saturated rings. The molecule has 15 nitrogen and oxygen atoms in total. The van der Waals surface area contributed by atoms with Gasteiger partial charge in [0.1, 0.15) is 36.5 Å². The van der Waals surface area contributed by atoms with Gasteiger partial charge in [-0.05, 0) is 75.7 Å². The van der Waals surface area contributed by atoms with Crippen molar-refractivity contribution in [1.29, 1.82) is 0 Å². The zero-order chi connectivity index (χ0) is 43.2. The van der Waals surface area contributed by atoms with Gasteiger partial charge in [-0.1, -0.05) is 90.7 Å². The predicted molar refractivity (Wildman–Crippen MR) is 230 cm³/mol. The van der Waals surface area contributed by atoms with E-state index < -0.39 is 65.9 Å². The van der Waals surface area contributed by atoms with Crippen LogP contribution in [0.25, 0.3) is 0 Å². The third-order valence-corrected chi connectivity index (χ3v) is 11.6. The minimum absolute atomic E-state index is 0.107. The molecule has 15 heteroatoms.